The second-order valence-corrected chi connectivity index (χ2v) is 8.25. The van der Waals surface area contributed by atoms with Crippen molar-refractivity contribution in [2.45, 2.75) is 11.2 Å². The Kier molecular flexibility index (Phi) is 8.90. The summed E-state index contributed by atoms with van der Waals surface area (Å²) >= 11 is 7.46. The van der Waals surface area contributed by atoms with Crippen molar-refractivity contribution in [1.29, 1.82) is 0 Å². The molecule has 2 aromatic carbocycles. The van der Waals surface area contributed by atoms with E-state index in [2.05, 4.69) is 28.4 Å². The zero-order chi connectivity index (χ0) is 22.8. The number of hydrogen-bond donors (Lipinski definition) is 1. The van der Waals surface area contributed by atoms with Gasteiger partial charge in [-0.05, 0) is 11.1 Å². The van der Waals surface area contributed by atoms with Crippen LogP contribution in [0.5, 0.6) is 0 Å². The summed E-state index contributed by atoms with van der Waals surface area (Å²) in [5.74, 6) is 0.713. The zero-order valence-corrected chi connectivity index (χ0v) is 19.2. The number of anilines is 1. The van der Waals surface area contributed by atoms with Gasteiger partial charge in [-0.25, -0.2) is 9.97 Å². The quantitative estimate of drug-likeness (QED) is 0.180. The molecule has 1 aromatic heterocycles. The first-order valence-electron chi connectivity index (χ1n) is 10.1. The molecule has 0 spiro atoms. The number of carbonyl (C=O) groups is 1. The van der Waals surface area contributed by atoms with Gasteiger partial charge in [0, 0.05) is 19.2 Å². The molecule has 3 rings (SSSR count). The molecule has 3 aromatic rings. The molecule has 0 fully saturated rings. The van der Waals surface area contributed by atoms with Crippen molar-refractivity contribution in [1.82, 2.24) is 15.3 Å². The van der Waals surface area contributed by atoms with Crippen LogP contribution in [-0.4, -0.2) is 34.7 Å². The highest BCUT2D eigenvalue weighted by atomic mass is 35.5. The average molecular weight is 465 g/mol. The second kappa shape index (κ2) is 12.1. The molecule has 7 heteroatoms. The fraction of sp³-hybridized carbons (Fsp3) is 0.160. The Balaban J connectivity index is 1.71. The third-order valence-corrected chi connectivity index (χ3v) is 5.63. The molecule has 0 aliphatic carbocycles. The summed E-state index contributed by atoms with van der Waals surface area (Å²) in [4.78, 5) is 23.6. The van der Waals surface area contributed by atoms with Crippen molar-refractivity contribution >= 4 is 35.1 Å². The maximum Gasteiger partial charge on any atom is 0.231 e. The zero-order valence-electron chi connectivity index (χ0n) is 17.7. The smallest absolute Gasteiger partial charge is 0.231 e. The Bertz CT molecular complexity index is 997. The molecule has 1 N–H and O–H groups in total. The third-order valence-electron chi connectivity index (χ3n) is 4.59. The van der Waals surface area contributed by atoms with E-state index in [1.165, 1.54) is 11.8 Å². The largest absolute Gasteiger partial charge is 0.349 e. The Labute approximate surface area is 198 Å². The lowest BCUT2D eigenvalue weighted by atomic mass is 9.99. The Hall–Kier alpha value is -3.09. The molecule has 0 unspecified atom stereocenters. The van der Waals surface area contributed by atoms with Crippen LogP contribution in [-0.2, 0) is 4.79 Å². The van der Waals surface area contributed by atoms with Gasteiger partial charge < -0.3 is 10.2 Å². The predicted octanol–water partition coefficient (Wildman–Crippen LogP) is 5.31. The van der Waals surface area contributed by atoms with Crippen molar-refractivity contribution in [3.63, 3.8) is 0 Å². The molecule has 0 aliphatic rings. The minimum atomic E-state index is -0.239. The van der Waals surface area contributed by atoms with Crippen LogP contribution in [0.3, 0.4) is 0 Å². The highest BCUT2D eigenvalue weighted by Gasteiger charge is 2.17. The molecule has 32 heavy (non-hydrogen) atoms. The molecule has 1 heterocycles. The van der Waals surface area contributed by atoms with Crippen molar-refractivity contribution in [2.75, 3.05) is 23.7 Å². The van der Waals surface area contributed by atoms with Crippen LogP contribution in [0.25, 0.3) is 0 Å². The van der Waals surface area contributed by atoms with Gasteiger partial charge in [-0.1, -0.05) is 96.2 Å². The minimum Gasteiger partial charge on any atom is -0.349 e. The number of carbonyl (C=O) groups excluding carboxylic acids is 1. The number of aromatic nitrogens is 2. The summed E-state index contributed by atoms with van der Waals surface area (Å²) < 4.78 is 0. The molecular weight excluding hydrogens is 440 g/mol. The van der Waals surface area contributed by atoms with Gasteiger partial charge in [0.05, 0.1) is 11.8 Å². The van der Waals surface area contributed by atoms with Crippen molar-refractivity contribution in [2.24, 2.45) is 0 Å². The highest BCUT2D eigenvalue weighted by Crippen LogP contribution is 2.24. The summed E-state index contributed by atoms with van der Waals surface area (Å²) in [5, 5.41) is 3.89. The van der Waals surface area contributed by atoms with Crippen molar-refractivity contribution in [3.05, 3.63) is 108 Å². The van der Waals surface area contributed by atoms with Crippen LogP contribution < -0.4 is 10.2 Å². The van der Waals surface area contributed by atoms with Crippen LogP contribution >= 0.6 is 23.4 Å². The van der Waals surface area contributed by atoms with E-state index in [4.69, 9.17) is 11.6 Å². The maximum atomic E-state index is 12.8. The molecule has 5 nitrogen and oxygen atoms in total. The predicted molar refractivity (Wildman–Crippen MR) is 133 cm³/mol. The normalized spacial score (nSPS) is 10.6. The fourth-order valence-corrected chi connectivity index (χ4v) is 4.06. The van der Waals surface area contributed by atoms with Gasteiger partial charge in [0.25, 0.3) is 0 Å². The second-order valence-electron chi connectivity index (χ2n) is 6.92. The van der Waals surface area contributed by atoms with Gasteiger partial charge in [-0.15, -0.1) is 13.2 Å². The SMILES string of the molecule is C=CCN(CC=C)c1cc(Cl)nc(SCC(=O)NC(c2ccccc2)c2ccccc2)n1. The first kappa shape index (κ1) is 23.6. The van der Waals surface area contributed by atoms with E-state index in [0.29, 0.717) is 29.2 Å². The molecule has 0 radical (unpaired) electrons. The van der Waals surface area contributed by atoms with Gasteiger partial charge in [0.1, 0.15) is 11.0 Å². The monoisotopic (exact) mass is 464 g/mol. The van der Waals surface area contributed by atoms with Gasteiger partial charge in [-0.2, -0.15) is 0 Å². The number of amides is 1. The van der Waals surface area contributed by atoms with Crippen LogP contribution in [0.4, 0.5) is 5.82 Å². The summed E-state index contributed by atoms with van der Waals surface area (Å²) in [6.45, 7) is 8.75. The summed E-state index contributed by atoms with van der Waals surface area (Å²) in [7, 11) is 0. The number of nitrogens with zero attached hydrogens (tertiary/aromatic N) is 3. The molecule has 0 bridgehead atoms. The number of rotatable bonds is 11. The summed E-state index contributed by atoms with van der Waals surface area (Å²) in [6, 6.07) is 21.2. The van der Waals surface area contributed by atoms with Crippen molar-refractivity contribution in [3.8, 4) is 0 Å². The molecule has 164 valence electrons. The van der Waals surface area contributed by atoms with Gasteiger partial charge in [0.2, 0.25) is 5.91 Å². The third kappa shape index (κ3) is 6.70. The van der Waals surface area contributed by atoms with Crippen LogP contribution in [0.2, 0.25) is 5.15 Å². The van der Waals surface area contributed by atoms with Gasteiger partial charge in [0.15, 0.2) is 5.16 Å². The molecule has 0 aliphatic heterocycles. The number of benzene rings is 2. The van der Waals surface area contributed by atoms with E-state index in [1.807, 2.05) is 65.6 Å². The maximum absolute atomic E-state index is 12.8. The topological polar surface area (TPSA) is 58.1 Å². The molecule has 0 saturated carbocycles. The molecule has 0 saturated heterocycles. The van der Waals surface area contributed by atoms with E-state index < -0.39 is 0 Å². The number of halogens is 1. The van der Waals surface area contributed by atoms with Crippen molar-refractivity contribution < 1.29 is 4.79 Å². The minimum absolute atomic E-state index is 0.119. The first-order valence-corrected chi connectivity index (χ1v) is 11.5. The molecular formula is C25H25ClN4OS. The average Bonchev–Trinajstić information content (AvgIpc) is 2.82. The Morgan fingerprint density at radius 1 is 1.00 bits per heavy atom. The van der Waals surface area contributed by atoms with Gasteiger partial charge >= 0.3 is 0 Å². The molecule has 0 atom stereocenters. The highest BCUT2D eigenvalue weighted by molar-refractivity contribution is 7.99. The fourth-order valence-electron chi connectivity index (χ4n) is 3.17. The van der Waals surface area contributed by atoms with Gasteiger partial charge in [-0.3, -0.25) is 4.79 Å². The molecule has 1 amide bonds. The first-order chi connectivity index (χ1) is 15.6. The lowest BCUT2D eigenvalue weighted by Gasteiger charge is -2.21. The lowest BCUT2D eigenvalue weighted by molar-refractivity contribution is -0.119. The standard InChI is InChI=1S/C25H25ClN4OS/c1-3-15-30(16-4-2)22-17-21(26)27-25(28-22)32-18-23(31)29-24(19-11-7-5-8-12-19)20-13-9-6-10-14-20/h3-14,17,24H,1-2,15-16,18H2,(H,29,31). The summed E-state index contributed by atoms with van der Waals surface area (Å²) in [5.41, 5.74) is 2.03. The number of thioether (sulfide) groups is 1. The lowest BCUT2D eigenvalue weighted by Crippen LogP contribution is -2.30. The van der Waals surface area contributed by atoms with E-state index in [9.17, 15) is 4.79 Å². The van der Waals surface area contributed by atoms with E-state index in [1.54, 1.807) is 18.2 Å². The van der Waals surface area contributed by atoms with E-state index in [-0.39, 0.29) is 17.7 Å². The number of nitrogens with one attached hydrogen (secondary N) is 1. The van der Waals surface area contributed by atoms with Crippen LogP contribution in [0, 0.1) is 0 Å². The van der Waals surface area contributed by atoms with E-state index >= 15 is 0 Å². The van der Waals surface area contributed by atoms with E-state index in [0.717, 1.165) is 11.1 Å². The van der Waals surface area contributed by atoms with Crippen LogP contribution in [0.1, 0.15) is 17.2 Å². The number of hydrogen-bond acceptors (Lipinski definition) is 5. The Morgan fingerprint density at radius 3 is 2.09 bits per heavy atom. The Morgan fingerprint density at radius 2 is 1.56 bits per heavy atom. The summed E-state index contributed by atoms with van der Waals surface area (Å²) in [6.07, 6.45) is 3.57. The van der Waals surface area contributed by atoms with Crippen LogP contribution in [0.15, 0.2) is 97.2 Å².